The van der Waals surface area contributed by atoms with Gasteiger partial charge in [-0.1, -0.05) is 84.9 Å². The molecule has 0 radical (unpaired) electrons. The predicted molar refractivity (Wildman–Crippen MR) is 205 cm³/mol. The van der Waals surface area contributed by atoms with E-state index in [0.717, 1.165) is 58.6 Å². The molecule has 4 aromatic rings. The van der Waals surface area contributed by atoms with Crippen molar-refractivity contribution in [3.63, 3.8) is 0 Å². The van der Waals surface area contributed by atoms with Crippen molar-refractivity contribution in [2.75, 3.05) is 50.0 Å². The molecule has 2 N–H and O–H groups in total. The van der Waals surface area contributed by atoms with Crippen LogP contribution in [0.2, 0.25) is 0 Å². The zero-order valence-electron chi connectivity index (χ0n) is 29.1. The van der Waals surface area contributed by atoms with E-state index in [9.17, 15) is 9.59 Å². The number of fused-ring (bicyclic) bond motifs is 6. The first-order valence-corrected chi connectivity index (χ1v) is 18.7. The zero-order valence-corrected chi connectivity index (χ0v) is 30.6. The number of amides is 2. The van der Waals surface area contributed by atoms with Gasteiger partial charge in [0.15, 0.2) is 0 Å². The van der Waals surface area contributed by atoms with Crippen LogP contribution in [0.5, 0.6) is 0 Å². The van der Waals surface area contributed by atoms with E-state index >= 15 is 0 Å². The fraction of sp³-hybridized carbons (Fsp3) is 0.341. The smallest absolute Gasteiger partial charge is 0.409 e. The van der Waals surface area contributed by atoms with Crippen LogP contribution in [0.3, 0.4) is 0 Å². The molecule has 2 saturated heterocycles. The van der Waals surface area contributed by atoms with Crippen molar-refractivity contribution in [1.29, 1.82) is 0 Å². The summed E-state index contributed by atoms with van der Waals surface area (Å²) in [4.78, 5) is 32.9. The predicted octanol–water partition coefficient (Wildman–Crippen LogP) is 8.78. The molecule has 51 heavy (non-hydrogen) atoms. The third-order valence-corrected chi connectivity index (χ3v) is 10.8. The van der Waals surface area contributed by atoms with Crippen LogP contribution in [0.25, 0.3) is 0 Å². The lowest BCUT2D eigenvalue weighted by Crippen LogP contribution is -2.45. The van der Waals surface area contributed by atoms with Crippen molar-refractivity contribution in [3.05, 3.63) is 124 Å². The number of hydrogen-bond donors (Lipinski definition) is 2. The Morgan fingerprint density at radius 2 is 1.18 bits per heavy atom. The molecule has 0 unspecified atom stereocenters. The van der Waals surface area contributed by atoms with Crippen LogP contribution in [0, 0.1) is 0 Å². The van der Waals surface area contributed by atoms with Crippen LogP contribution in [-0.4, -0.2) is 79.2 Å². The lowest BCUT2D eigenvalue weighted by Gasteiger charge is -2.34. The standard InChI is InChI=1S/C27H27N3O2.C14H17BrN2O2/c1-2-32-27(31)30-17-16-23-22(18-30)21-14-9-15-24(26(21)28-23)29-25(19-10-5-3-6-11-19)20-12-7-4-8-13-20;1-2-19-14(18)17-7-6-12-10(8-17)9-4-3-5-11(15)13(9)16-12/h3-15,22-23,28H,2,16-18H2,1H3;3-5,10,12,16H,2,6-8H2,1H3/t22-,23-;10-,12-/m00/s1. The van der Waals surface area contributed by atoms with Crippen molar-refractivity contribution >= 4 is 50.9 Å². The van der Waals surface area contributed by atoms with Gasteiger partial charge in [-0.3, -0.25) is 0 Å². The topological polar surface area (TPSA) is 95.5 Å². The van der Waals surface area contributed by atoms with Gasteiger partial charge in [0.05, 0.1) is 36.0 Å². The molecule has 0 aliphatic carbocycles. The highest BCUT2D eigenvalue weighted by atomic mass is 79.9. The Morgan fingerprint density at radius 1 is 0.686 bits per heavy atom. The molecule has 0 saturated carbocycles. The minimum Gasteiger partial charge on any atom is -0.450 e. The fourth-order valence-electron chi connectivity index (χ4n) is 7.74. The number of nitrogens with one attached hydrogen (secondary N) is 2. The molecule has 10 heteroatoms. The van der Waals surface area contributed by atoms with Crippen molar-refractivity contribution < 1.29 is 19.1 Å². The lowest BCUT2D eigenvalue weighted by atomic mass is 9.89. The van der Waals surface area contributed by atoms with Gasteiger partial charge in [-0.2, -0.15) is 0 Å². The number of benzene rings is 4. The second-order valence-electron chi connectivity index (χ2n) is 13.2. The SMILES string of the molecule is CCOC(=O)N1CC[C@@H]2Nc3c(Br)cccc3[C@@H]2C1.CCOC(=O)N1CC[C@@H]2Nc3c(N=C(c4ccccc4)c4ccccc4)cccc3[C@@H]2C1. The van der Waals surface area contributed by atoms with E-state index in [-0.39, 0.29) is 18.1 Å². The molecule has 0 spiro atoms. The molecule has 4 atom stereocenters. The van der Waals surface area contributed by atoms with E-state index in [0.29, 0.717) is 44.3 Å². The Balaban J connectivity index is 0.000000182. The van der Waals surface area contributed by atoms with E-state index in [1.165, 1.54) is 16.8 Å². The van der Waals surface area contributed by atoms with Crippen LogP contribution in [0.15, 0.2) is 107 Å². The van der Waals surface area contributed by atoms with Crippen LogP contribution in [0.4, 0.5) is 26.7 Å². The highest BCUT2D eigenvalue weighted by Gasteiger charge is 2.40. The van der Waals surface area contributed by atoms with Crippen LogP contribution in [0.1, 0.15) is 60.8 Å². The molecular formula is C41H44BrN5O4. The van der Waals surface area contributed by atoms with Crippen molar-refractivity contribution in [2.45, 2.75) is 50.6 Å². The van der Waals surface area contributed by atoms with Gasteiger partial charge < -0.3 is 29.9 Å². The highest BCUT2D eigenvalue weighted by molar-refractivity contribution is 9.10. The lowest BCUT2D eigenvalue weighted by molar-refractivity contribution is 0.0941. The second kappa shape index (κ2) is 15.6. The normalized spacial score (nSPS) is 20.9. The van der Waals surface area contributed by atoms with Gasteiger partial charge in [0.1, 0.15) is 0 Å². The summed E-state index contributed by atoms with van der Waals surface area (Å²) in [6.07, 6.45) is 1.45. The quantitative estimate of drug-likeness (QED) is 0.198. The molecule has 2 fully saturated rings. The maximum Gasteiger partial charge on any atom is 0.409 e. The fourth-order valence-corrected chi connectivity index (χ4v) is 8.24. The summed E-state index contributed by atoms with van der Waals surface area (Å²) in [5.74, 6) is 0.612. The summed E-state index contributed by atoms with van der Waals surface area (Å²) in [6.45, 7) is 7.40. The summed E-state index contributed by atoms with van der Waals surface area (Å²) in [7, 11) is 0. The van der Waals surface area contributed by atoms with Gasteiger partial charge in [-0.05, 0) is 65.9 Å². The zero-order chi connectivity index (χ0) is 35.3. The summed E-state index contributed by atoms with van der Waals surface area (Å²) < 4.78 is 11.4. The first-order chi connectivity index (χ1) is 24.9. The number of rotatable bonds is 5. The third kappa shape index (κ3) is 7.33. The molecule has 4 aromatic carbocycles. The summed E-state index contributed by atoms with van der Waals surface area (Å²) in [5, 5.41) is 7.29. The summed E-state index contributed by atoms with van der Waals surface area (Å²) in [5.41, 5.74) is 8.84. The molecule has 4 heterocycles. The molecular weight excluding hydrogens is 706 g/mol. The number of carbonyl (C=O) groups is 2. The van der Waals surface area contributed by atoms with Crippen LogP contribution < -0.4 is 10.6 Å². The average Bonchev–Trinajstić information content (AvgIpc) is 3.74. The molecule has 4 aliphatic rings. The van der Waals surface area contributed by atoms with Gasteiger partial charge in [0.2, 0.25) is 0 Å². The maximum atomic E-state index is 12.3. The Kier molecular flexibility index (Phi) is 10.6. The number of hydrogen-bond acceptors (Lipinski definition) is 7. The Morgan fingerprint density at radius 3 is 1.71 bits per heavy atom. The molecule has 9 nitrogen and oxygen atoms in total. The number of piperidine rings is 2. The minimum atomic E-state index is -0.219. The Hall–Kier alpha value is -4.83. The Labute approximate surface area is 308 Å². The molecule has 8 rings (SSSR count). The van der Waals surface area contributed by atoms with Crippen LogP contribution in [-0.2, 0) is 9.47 Å². The van der Waals surface area contributed by atoms with E-state index in [2.05, 4.69) is 81.2 Å². The van der Waals surface area contributed by atoms with Gasteiger partial charge in [-0.15, -0.1) is 0 Å². The third-order valence-electron chi connectivity index (χ3n) is 10.2. The van der Waals surface area contributed by atoms with Crippen molar-refractivity contribution in [3.8, 4) is 0 Å². The monoisotopic (exact) mass is 749 g/mol. The second-order valence-corrected chi connectivity index (χ2v) is 14.1. The highest BCUT2D eigenvalue weighted by Crippen LogP contribution is 2.46. The number of carbonyl (C=O) groups excluding carboxylic acids is 2. The van der Waals surface area contributed by atoms with Crippen molar-refractivity contribution in [1.82, 2.24) is 9.80 Å². The number of ether oxygens (including phenoxy) is 2. The number of likely N-dealkylation sites (tertiary alicyclic amines) is 2. The number of nitrogens with zero attached hydrogens (tertiary/aromatic N) is 3. The Bertz CT molecular complexity index is 1850. The first kappa shape index (κ1) is 34.6. The molecule has 2 amide bonds. The van der Waals surface area contributed by atoms with Gasteiger partial charge in [0, 0.05) is 65.7 Å². The van der Waals surface area contributed by atoms with Gasteiger partial charge >= 0.3 is 12.2 Å². The van der Waals surface area contributed by atoms with Crippen molar-refractivity contribution in [2.24, 2.45) is 4.99 Å². The van der Waals surface area contributed by atoms with Gasteiger partial charge in [0.25, 0.3) is 0 Å². The average molecular weight is 751 g/mol. The number of para-hydroxylation sites is 2. The molecule has 0 bridgehead atoms. The molecule has 0 aromatic heterocycles. The van der Waals surface area contributed by atoms with E-state index in [1.54, 1.807) is 0 Å². The van der Waals surface area contributed by atoms with Crippen LogP contribution >= 0.6 is 15.9 Å². The van der Waals surface area contributed by atoms with E-state index in [1.807, 2.05) is 66.1 Å². The largest absolute Gasteiger partial charge is 0.450 e. The number of aliphatic imine (C=N–C) groups is 1. The van der Waals surface area contributed by atoms with E-state index < -0.39 is 0 Å². The summed E-state index contributed by atoms with van der Waals surface area (Å²) in [6, 6.07) is 33.9. The molecule has 264 valence electrons. The molecule has 4 aliphatic heterocycles. The summed E-state index contributed by atoms with van der Waals surface area (Å²) >= 11 is 3.58. The maximum absolute atomic E-state index is 12.3. The minimum absolute atomic E-state index is 0.190. The van der Waals surface area contributed by atoms with Gasteiger partial charge in [-0.25, -0.2) is 14.6 Å². The number of anilines is 2. The van der Waals surface area contributed by atoms with E-state index in [4.69, 9.17) is 14.5 Å². The number of halogens is 1. The first-order valence-electron chi connectivity index (χ1n) is 17.9.